The Labute approximate surface area is 197 Å². The molecule has 0 aromatic heterocycles. The van der Waals surface area contributed by atoms with Gasteiger partial charge in [0.05, 0.1) is 10.6 Å². The summed E-state index contributed by atoms with van der Waals surface area (Å²) in [6, 6.07) is 20.1. The van der Waals surface area contributed by atoms with Crippen LogP contribution in [0.4, 0.5) is 5.69 Å². The summed E-state index contributed by atoms with van der Waals surface area (Å²) < 4.78 is 28.1. The SMILES string of the molecule is CCc1ccc(CC)c(CNC(=O)CN(c2ccc(C)cc2)S(=O)(=O)c2ccc(C)cc2)c1. The predicted molar refractivity (Wildman–Crippen MR) is 134 cm³/mol. The highest BCUT2D eigenvalue weighted by atomic mass is 32.2. The Bertz CT molecular complexity index is 1200. The van der Waals surface area contributed by atoms with Crippen molar-refractivity contribution in [2.75, 3.05) is 10.8 Å². The summed E-state index contributed by atoms with van der Waals surface area (Å²) >= 11 is 0. The zero-order chi connectivity index (χ0) is 24.0. The largest absolute Gasteiger partial charge is 0.350 e. The fourth-order valence-corrected chi connectivity index (χ4v) is 5.07. The number of nitrogens with one attached hydrogen (secondary N) is 1. The second kappa shape index (κ2) is 10.7. The molecule has 0 bridgehead atoms. The molecule has 0 saturated carbocycles. The highest BCUT2D eigenvalue weighted by Gasteiger charge is 2.27. The van der Waals surface area contributed by atoms with Crippen molar-refractivity contribution < 1.29 is 13.2 Å². The van der Waals surface area contributed by atoms with Crippen molar-refractivity contribution in [3.8, 4) is 0 Å². The quantitative estimate of drug-likeness (QED) is 0.488. The standard InChI is InChI=1S/C27H32N2O3S/c1-5-22-11-12-23(6-2)24(17-22)18-28-27(30)19-29(25-13-7-20(3)8-14-25)33(31,32)26-15-9-21(4)10-16-26/h7-17H,5-6,18-19H2,1-4H3,(H,28,30). The molecule has 3 aromatic rings. The van der Waals surface area contributed by atoms with Crippen molar-refractivity contribution in [3.63, 3.8) is 0 Å². The first-order valence-electron chi connectivity index (χ1n) is 11.3. The maximum Gasteiger partial charge on any atom is 0.264 e. The lowest BCUT2D eigenvalue weighted by Crippen LogP contribution is -2.40. The number of rotatable bonds is 9. The van der Waals surface area contributed by atoms with Crippen LogP contribution in [0.15, 0.2) is 71.6 Å². The van der Waals surface area contributed by atoms with Crippen molar-refractivity contribution >= 4 is 21.6 Å². The Morgan fingerprint density at radius 2 is 1.42 bits per heavy atom. The Balaban J connectivity index is 1.85. The van der Waals surface area contributed by atoms with E-state index in [9.17, 15) is 13.2 Å². The van der Waals surface area contributed by atoms with Gasteiger partial charge in [0.15, 0.2) is 0 Å². The van der Waals surface area contributed by atoms with E-state index in [1.807, 2.05) is 26.0 Å². The van der Waals surface area contributed by atoms with Gasteiger partial charge in [-0.25, -0.2) is 8.42 Å². The average Bonchev–Trinajstić information content (AvgIpc) is 2.81. The van der Waals surface area contributed by atoms with E-state index in [0.717, 1.165) is 29.5 Å². The molecule has 1 N–H and O–H groups in total. The van der Waals surface area contributed by atoms with Crippen molar-refractivity contribution in [3.05, 3.63) is 94.5 Å². The topological polar surface area (TPSA) is 66.5 Å². The number of benzene rings is 3. The number of hydrogen-bond acceptors (Lipinski definition) is 3. The third-order valence-corrected chi connectivity index (χ3v) is 7.54. The minimum atomic E-state index is -3.91. The number of sulfonamides is 1. The highest BCUT2D eigenvalue weighted by molar-refractivity contribution is 7.92. The van der Waals surface area contributed by atoms with Crippen molar-refractivity contribution in [1.82, 2.24) is 5.32 Å². The third-order valence-electron chi connectivity index (χ3n) is 5.75. The predicted octanol–water partition coefficient (Wildman–Crippen LogP) is 4.94. The van der Waals surface area contributed by atoms with Gasteiger partial charge in [0.2, 0.25) is 5.91 Å². The van der Waals surface area contributed by atoms with E-state index in [0.29, 0.717) is 12.2 Å². The highest BCUT2D eigenvalue weighted by Crippen LogP contribution is 2.24. The van der Waals surface area contributed by atoms with E-state index in [4.69, 9.17) is 0 Å². The molecular weight excluding hydrogens is 432 g/mol. The minimum absolute atomic E-state index is 0.158. The monoisotopic (exact) mass is 464 g/mol. The maximum atomic E-state index is 13.5. The Morgan fingerprint density at radius 3 is 2.00 bits per heavy atom. The number of nitrogens with zero attached hydrogens (tertiary/aromatic N) is 1. The molecule has 0 heterocycles. The molecule has 0 aliphatic rings. The normalized spacial score (nSPS) is 11.3. The van der Waals surface area contributed by atoms with Crippen LogP contribution < -0.4 is 9.62 Å². The molecule has 33 heavy (non-hydrogen) atoms. The summed E-state index contributed by atoms with van der Waals surface area (Å²) in [5.74, 6) is -0.352. The molecule has 174 valence electrons. The number of anilines is 1. The average molecular weight is 465 g/mol. The van der Waals surface area contributed by atoms with Gasteiger partial charge in [0.1, 0.15) is 6.54 Å². The first kappa shape index (κ1) is 24.5. The zero-order valence-corrected chi connectivity index (χ0v) is 20.6. The molecular formula is C27H32N2O3S. The molecule has 0 fully saturated rings. The molecule has 5 nitrogen and oxygen atoms in total. The number of carbonyl (C=O) groups excluding carboxylic acids is 1. The Morgan fingerprint density at radius 1 is 0.818 bits per heavy atom. The molecule has 0 atom stereocenters. The zero-order valence-electron chi connectivity index (χ0n) is 19.8. The van der Waals surface area contributed by atoms with E-state index >= 15 is 0 Å². The Kier molecular flexibility index (Phi) is 7.92. The minimum Gasteiger partial charge on any atom is -0.350 e. The molecule has 0 aliphatic heterocycles. The van der Waals surface area contributed by atoms with Gasteiger partial charge in [-0.15, -0.1) is 0 Å². The van der Waals surface area contributed by atoms with Gasteiger partial charge in [-0.2, -0.15) is 0 Å². The van der Waals surface area contributed by atoms with Crippen molar-refractivity contribution in [2.24, 2.45) is 0 Å². The fourth-order valence-electron chi connectivity index (χ4n) is 3.65. The molecule has 3 aromatic carbocycles. The third kappa shape index (κ3) is 6.02. The van der Waals surface area contributed by atoms with Crippen LogP contribution in [0.2, 0.25) is 0 Å². The van der Waals surface area contributed by atoms with Crippen LogP contribution in [0.1, 0.15) is 41.7 Å². The van der Waals surface area contributed by atoms with Crippen LogP contribution in [0.5, 0.6) is 0 Å². The van der Waals surface area contributed by atoms with Crippen LogP contribution in [0.25, 0.3) is 0 Å². The van der Waals surface area contributed by atoms with Gasteiger partial charge in [0.25, 0.3) is 10.0 Å². The number of hydrogen-bond donors (Lipinski definition) is 1. The lowest BCUT2D eigenvalue weighted by molar-refractivity contribution is -0.119. The van der Waals surface area contributed by atoms with Gasteiger partial charge in [0, 0.05) is 6.54 Å². The van der Waals surface area contributed by atoms with Crippen molar-refractivity contribution in [1.29, 1.82) is 0 Å². The lowest BCUT2D eigenvalue weighted by Gasteiger charge is -2.24. The van der Waals surface area contributed by atoms with Crippen LogP contribution in [0, 0.1) is 13.8 Å². The summed E-state index contributed by atoms with van der Waals surface area (Å²) in [6.07, 6.45) is 1.79. The van der Waals surface area contributed by atoms with E-state index in [1.165, 1.54) is 15.4 Å². The van der Waals surface area contributed by atoms with Gasteiger partial charge in [-0.3, -0.25) is 9.10 Å². The smallest absolute Gasteiger partial charge is 0.264 e. The van der Waals surface area contributed by atoms with E-state index < -0.39 is 10.0 Å². The van der Waals surface area contributed by atoms with E-state index in [-0.39, 0.29) is 17.3 Å². The number of amides is 1. The summed E-state index contributed by atoms with van der Waals surface area (Å²) in [5.41, 5.74) is 5.88. The first-order chi connectivity index (χ1) is 15.7. The number of aryl methyl sites for hydroxylation is 4. The molecule has 0 aliphatic carbocycles. The molecule has 0 unspecified atom stereocenters. The first-order valence-corrected chi connectivity index (χ1v) is 12.7. The maximum absolute atomic E-state index is 13.5. The summed E-state index contributed by atoms with van der Waals surface area (Å²) in [7, 11) is -3.91. The molecule has 6 heteroatoms. The molecule has 0 spiro atoms. The second-order valence-electron chi connectivity index (χ2n) is 8.25. The summed E-state index contributed by atoms with van der Waals surface area (Å²) in [5, 5.41) is 2.92. The van der Waals surface area contributed by atoms with Gasteiger partial charge in [-0.1, -0.05) is 67.4 Å². The van der Waals surface area contributed by atoms with Crippen LogP contribution in [0.3, 0.4) is 0 Å². The van der Waals surface area contributed by atoms with E-state index in [1.54, 1.807) is 36.4 Å². The molecule has 1 amide bonds. The number of carbonyl (C=O) groups is 1. The van der Waals surface area contributed by atoms with Crippen LogP contribution in [-0.2, 0) is 34.2 Å². The van der Waals surface area contributed by atoms with Gasteiger partial charge >= 0.3 is 0 Å². The molecule has 0 saturated heterocycles. The van der Waals surface area contributed by atoms with Crippen LogP contribution in [-0.4, -0.2) is 20.9 Å². The Hall–Kier alpha value is -3.12. The molecule has 3 rings (SSSR count). The van der Waals surface area contributed by atoms with Crippen LogP contribution >= 0.6 is 0 Å². The van der Waals surface area contributed by atoms with Crippen molar-refractivity contribution in [2.45, 2.75) is 52.0 Å². The van der Waals surface area contributed by atoms with Gasteiger partial charge < -0.3 is 5.32 Å². The molecule has 0 radical (unpaired) electrons. The fraction of sp³-hybridized carbons (Fsp3) is 0.296. The lowest BCUT2D eigenvalue weighted by atomic mass is 10.0. The second-order valence-corrected chi connectivity index (χ2v) is 10.1. The van der Waals surface area contributed by atoms with E-state index in [2.05, 4.69) is 37.4 Å². The van der Waals surface area contributed by atoms with Gasteiger partial charge in [-0.05, 0) is 67.6 Å². The summed E-state index contributed by atoms with van der Waals surface area (Å²) in [6.45, 7) is 8.08. The summed E-state index contributed by atoms with van der Waals surface area (Å²) in [4.78, 5) is 13.1.